The third kappa shape index (κ3) is 2.01. The number of pyridine rings is 1. The van der Waals surface area contributed by atoms with E-state index in [-0.39, 0.29) is 0 Å². The summed E-state index contributed by atoms with van der Waals surface area (Å²) < 4.78 is 0. The van der Waals surface area contributed by atoms with Gasteiger partial charge in [-0.1, -0.05) is 0 Å². The maximum atomic E-state index is 4.61. The Bertz CT molecular complexity index is 560. The molecule has 2 aromatic heterocycles. The minimum Gasteiger partial charge on any atom is -0.353 e. The van der Waals surface area contributed by atoms with Crippen LogP contribution in [-0.4, -0.2) is 53.1 Å². The van der Waals surface area contributed by atoms with E-state index in [1.54, 1.807) is 6.20 Å². The molecule has 1 aliphatic rings. The fraction of sp³-hybridized carbons (Fsp3) is 0.462. The Morgan fingerprint density at radius 1 is 1.11 bits per heavy atom. The van der Waals surface area contributed by atoms with E-state index in [9.17, 15) is 0 Å². The van der Waals surface area contributed by atoms with Gasteiger partial charge in [0.2, 0.25) is 0 Å². The summed E-state index contributed by atoms with van der Waals surface area (Å²) in [6, 6.07) is 4.00. The number of piperazine rings is 1. The quantitative estimate of drug-likeness (QED) is 0.750. The summed E-state index contributed by atoms with van der Waals surface area (Å²) in [5.74, 6) is 1.81. The van der Waals surface area contributed by atoms with Gasteiger partial charge in [-0.2, -0.15) is 0 Å². The van der Waals surface area contributed by atoms with E-state index in [0.717, 1.165) is 48.9 Å². The molecule has 0 aliphatic carbocycles. The number of rotatable bonds is 1. The fourth-order valence-corrected chi connectivity index (χ4v) is 2.31. The van der Waals surface area contributed by atoms with Crippen LogP contribution in [0.4, 0.5) is 5.82 Å². The molecular weight excluding hydrogens is 226 g/mol. The first-order valence-electron chi connectivity index (χ1n) is 6.27. The molecule has 94 valence electrons. The molecule has 3 rings (SSSR count). The summed E-state index contributed by atoms with van der Waals surface area (Å²) in [5.41, 5.74) is 0.791. The lowest BCUT2D eigenvalue weighted by Gasteiger charge is -2.33. The van der Waals surface area contributed by atoms with Gasteiger partial charge in [0, 0.05) is 32.4 Å². The highest BCUT2D eigenvalue weighted by Crippen LogP contribution is 2.23. The van der Waals surface area contributed by atoms with Gasteiger partial charge in [-0.25, -0.2) is 15.0 Å². The number of nitrogens with zero attached hydrogens (tertiary/aromatic N) is 5. The number of likely N-dealkylation sites (N-methyl/N-ethyl adjacent to an activating group) is 1. The van der Waals surface area contributed by atoms with Gasteiger partial charge < -0.3 is 9.80 Å². The van der Waals surface area contributed by atoms with Crippen molar-refractivity contribution < 1.29 is 0 Å². The molecular formula is C13H17N5. The predicted octanol–water partition coefficient (Wildman–Crippen LogP) is 1.09. The first-order valence-corrected chi connectivity index (χ1v) is 6.27. The molecule has 0 bridgehead atoms. The molecule has 0 atom stereocenters. The van der Waals surface area contributed by atoms with Crippen LogP contribution in [0.1, 0.15) is 5.82 Å². The van der Waals surface area contributed by atoms with Crippen molar-refractivity contribution in [3.63, 3.8) is 0 Å². The monoisotopic (exact) mass is 243 g/mol. The standard InChI is InChI=1S/C13H17N5/c1-10-15-12-11(4-3-5-14-12)13(16-10)18-8-6-17(2)7-9-18/h3-5H,6-9H2,1-2H3. The Hall–Kier alpha value is -1.75. The first kappa shape index (κ1) is 11.3. The van der Waals surface area contributed by atoms with E-state index in [2.05, 4.69) is 37.9 Å². The van der Waals surface area contributed by atoms with Gasteiger partial charge in [0.1, 0.15) is 11.6 Å². The maximum Gasteiger partial charge on any atom is 0.164 e. The van der Waals surface area contributed by atoms with Gasteiger partial charge in [-0.05, 0) is 26.1 Å². The third-order valence-electron chi connectivity index (χ3n) is 3.37. The number of anilines is 1. The molecule has 0 unspecified atom stereocenters. The molecule has 18 heavy (non-hydrogen) atoms. The summed E-state index contributed by atoms with van der Waals surface area (Å²) in [6.45, 7) is 6.09. The van der Waals surface area contributed by atoms with Crippen molar-refractivity contribution in [2.24, 2.45) is 0 Å². The summed E-state index contributed by atoms with van der Waals surface area (Å²) in [4.78, 5) is 18.0. The number of aryl methyl sites for hydroxylation is 1. The van der Waals surface area contributed by atoms with Gasteiger partial charge >= 0.3 is 0 Å². The molecule has 0 amide bonds. The molecule has 2 aromatic rings. The van der Waals surface area contributed by atoms with Gasteiger partial charge in [0.05, 0.1) is 5.39 Å². The largest absolute Gasteiger partial charge is 0.353 e. The highest BCUT2D eigenvalue weighted by Gasteiger charge is 2.18. The zero-order chi connectivity index (χ0) is 12.5. The van der Waals surface area contributed by atoms with Crippen molar-refractivity contribution in [1.82, 2.24) is 19.9 Å². The molecule has 1 fully saturated rings. The second kappa shape index (κ2) is 4.49. The van der Waals surface area contributed by atoms with E-state index in [1.165, 1.54) is 0 Å². The number of hydrogen-bond donors (Lipinski definition) is 0. The van der Waals surface area contributed by atoms with Crippen LogP contribution in [0.3, 0.4) is 0 Å². The van der Waals surface area contributed by atoms with Crippen LogP contribution in [0.2, 0.25) is 0 Å². The number of fused-ring (bicyclic) bond motifs is 1. The number of aromatic nitrogens is 3. The summed E-state index contributed by atoms with van der Waals surface area (Å²) >= 11 is 0. The lowest BCUT2D eigenvalue weighted by Crippen LogP contribution is -2.45. The highest BCUT2D eigenvalue weighted by molar-refractivity contribution is 5.86. The van der Waals surface area contributed by atoms with E-state index in [1.807, 2.05) is 13.0 Å². The third-order valence-corrected chi connectivity index (χ3v) is 3.37. The molecule has 3 heterocycles. The Morgan fingerprint density at radius 3 is 2.67 bits per heavy atom. The zero-order valence-electron chi connectivity index (χ0n) is 10.8. The van der Waals surface area contributed by atoms with Crippen LogP contribution in [0, 0.1) is 6.92 Å². The molecule has 0 spiro atoms. The van der Waals surface area contributed by atoms with Crippen molar-refractivity contribution in [3.05, 3.63) is 24.2 Å². The number of hydrogen-bond acceptors (Lipinski definition) is 5. The van der Waals surface area contributed by atoms with Crippen molar-refractivity contribution in [1.29, 1.82) is 0 Å². The van der Waals surface area contributed by atoms with Gasteiger partial charge in [0.25, 0.3) is 0 Å². The SMILES string of the molecule is Cc1nc(N2CCN(C)CC2)c2cccnc2n1. The molecule has 5 nitrogen and oxygen atoms in total. The Morgan fingerprint density at radius 2 is 1.89 bits per heavy atom. The van der Waals surface area contributed by atoms with Crippen LogP contribution in [-0.2, 0) is 0 Å². The van der Waals surface area contributed by atoms with Gasteiger partial charge in [-0.3, -0.25) is 0 Å². The van der Waals surface area contributed by atoms with Crippen LogP contribution < -0.4 is 4.90 Å². The topological polar surface area (TPSA) is 45.2 Å². The minimum atomic E-state index is 0.787. The first-order chi connectivity index (χ1) is 8.74. The zero-order valence-corrected chi connectivity index (χ0v) is 10.8. The second-order valence-corrected chi connectivity index (χ2v) is 4.76. The smallest absolute Gasteiger partial charge is 0.164 e. The summed E-state index contributed by atoms with van der Waals surface area (Å²) in [6.07, 6.45) is 1.78. The summed E-state index contributed by atoms with van der Waals surface area (Å²) in [5, 5.41) is 1.05. The van der Waals surface area contributed by atoms with Crippen molar-refractivity contribution in [3.8, 4) is 0 Å². The highest BCUT2D eigenvalue weighted by atomic mass is 15.3. The van der Waals surface area contributed by atoms with E-state index in [0.29, 0.717) is 0 Å². The molecule has 0 aromatic carbocycles. The van der Waals surface area contributed by atoms with Crippen LogP contribution in [0.15, 0.2) is 18.3 Å². The van der Waals surface area contributed by atoms with Crippen LogP contribution >= 0.6 is 0 Å². The van der Waals surface area contributed by atoms with Crippen LogP contribution in [0.5, 0.6) is 0 Å². The van der Waals surface area contributed by atoms with Gasteiger partial charge in [0.15, 0.2) is 5.65 Å². The fourth-order valence-electron chi connectivity index (χ4n) is 2.31. The predicted molar refractivity (Wildman–Crippen MR) is 71.8 cm³/mol. The van der Waals surface area contributed by atoms with Crippen molar-refractivity contribution >= 4 is 16.9 Å². The Labute approximate surface area is 106 Å². The lowest BCUT2D eigenvalue weighted by molar-refractivity contribution is 0.312. The minimum absolute atomic E-state index is 0.787. The second-order valence-electron chi connectivity index (χ2n) is 4.76. The van der Waals surface area contributed by atoms with Crippen molar-refractivity contribution in [2.45, 2.75) is 6.92 Å². The maximum absolute atomic E-state index is 4.61. The van der Waals surface area contributed by atoms with Gasteiger partial charge in [-0.15, -0.1) is 0 Å². The average Bonchev–Trinajstić information content (AvgIpc) is 2.38. The molecule has 5 heteroatoms. The average molecular weight is 243 g/mol. The normalized spacial score (nSPS) is 17.3. The molecule has 0 radical (unpaired) electrons. The van der Waals surface area contributed by atoms with Crippen molar-refractivity contribution in [2.75, 3.05) is 38.1 Å². The Balaban J connectivity index is 2.05. The van der Waals surface area contributed by atoms with Crippen LogP contribution in [0.25, 0.3) is 11.0 Å². The van der Waals surface area contributed by atoms with E-state index in [4.69, 9.17) is 0 Å². The molecule has 0 N–H and O–H groups in total. The summed E-state index contributed by atoms with van der Waals surface area (Å²) in [7, 11) is 2.15. The lowest BCUT2D eigenvalue weighted by atomic mass is 10.2. The molecule has 1 saturated heterocycles. The molecule has 1 aliphatic heterocycles. The van der Waals surface area contributed by atoms with E-state index < -0.39 is 0 Å². The van der Waals surface area contributed by atoms with E-state index >= 15 is 0 Å². The molecule has 0 saturated carbocycles. The Kier molecular flexibility index (Phi) is 2.83.